The molecule has 3 heterocycles. The molecule has 3 aromatic heterocycles. The van der Waals surface area contributed by atoms with Crippen LogP contribution in [0.5, 0.6) is 0 Å². The summed E-state index contributed by atoms with van der Waals surface area (Å²) in [6, 6.07) is 5.80. The maximum Gasteiger partial charge on any atom is 0.338 e. The van der Waals surface area contributed by atoms with Gasteiger partial charge in [-0.1, -0.05) is 12.1 Å². The van der Waals surface area contributed by atoms with E-state index in [0.717, 1.165) is 12.8 Å². The molecule has 0 spiro atoms. The number of nitrogens with zero attached hydrogens (tertiary/aromatic N) is 5. The van der Waals surface area contributed by atoms with Gasteiger partial charge in [0, 0.05) is 12.1 Å². The van der Waals surface area contributed by atoms with Gasteiger partial charge in [0.25, 0.3) is 5.56 Å². The van der Waals surface area contributed by atoms with E-state index >= 15 is 0 Å². The zero-order valence-corrected chi connectivity index (χ0v) is 17.4. The molecule has 160 valence electrons. The topological polar surface area (TPSA) is 119 Å². The molecule has 0 radical (unpaired) electrons. The molecule has 1 aromatic carbocycles. The Morgan fingerprint density at radius 1 is 1.35 bits per heavy atom. The molecule has 0 aliphatic heterocycles. The van der Waals surface area contributed by atoms with Crippen molar-refractivity contribution >= 4 is 30.5 Å². The van der Waals surface area contributed by atoms with Crippen LogP contribution in [0.1, 0.15) is 53.3 Å². The van der Waals surface area contributed by atoms with Gasteiger partial charge in [-0.2, -0.15) is 23.7 Å². The van der Waals surface area contributed by atoms with Crippen LogP contribution in [-0.4, -0.2) is 40.6 Å². The molecule has 11 heteroatoms. The predicted octanol–water partition coefficient (Wildman–Crippen LogP) is 2.74. The van der Waals surface area contributed by atoms with E-state index in [9.17, 15) is 14.0 Å². The number of carboxylic acids is 1. The molecule has 1 aliphatic rings. The van der Waals surface area contributed by atoms with Gasteiger partial charge in [0.1, 0.15) is 11.3 Å². The molecular weight excluding hydrogens is 423 g/mol. The van der Waals surface area contributed by atoms with E-state index in [1.807, 2.05) is 6.92 Å². The molecule has 9 nitrogen and oxygen atoms in total. The molecule has 2 N–H and O–H groups in total. The Balaban J connectivity index is 0.00000231. The average molecular weight is 442 g/mol. The van der Waals surface area contributed by atoms with Crippen molar-refractivity contribution in [3.05, 3.63) is 69.7 Å². The lowest BCUT2D eigenvalue weighted by Gasteiger charge is -2.13. The van der Waals surface area contributed by atoms with Crippen molar-refractivity contribution < 1.29 is 14.3 Å². The summed E-state index contributed by atoms with van der Waals surface area (Å²) in [4.78, 5) is 31.3. The third-order valence-electron chi connectivity index (χ3n) is 5.28. The van der Waals surface area contributed by atoms with Gasteiger partial charge in [-0.25, -0.2) is 18.9 Å². The fraction of sp³-hybridized carbons (Fsp3) is 0.250. The highest BCUT2D eigenvalue weighted by Gasteiger charge is 2.32. The SMILES string of the molecule is C[C@@H](c1cccc(F)c1)n1nc(C2CC2)c2nc(-n3cc(C(=O)O)cn3)[nH]c(=O)c21.S. The van der Waals surface area contributed by atoms with Crippen LogP contribution in [0.15, 0.2) is 41.5 Å². The molecule has 1 saturated carbocycles. The predicted molar refractivity (Wildman–Crippen MR) is 115 cm³/mol. The number of rotatable bonds is 5. The highest BCUT2D eigenvalue weighted by atomic mass is 32.1. The van der Waals surface area contributed by atoms with Crippen molar-refractivity contribution in [3.8, 4) is 5.95 Å². The van der Waals surface area contributed by atoms with E-state index in [2.05, 4.69) is 20.2 Å². The van der Waals surface area contributed by atoms with Gasteiger partial charge in [0.15, 0.2) is 5.52 Å². The van der Waals surface area contributed by atoms with Crippen molar-refractivity contribution in [1.29, 1.82) is 0 Å². The Bertz CT molecular complexity index is 1360. The molecule has 0 bridgehead atoms. The molecule has 0 amide bonds. The molecule has 1 aliphatic carbocycles. The van der Waals surface area contributed by atoms with Gasteiger partial charge in [-0.3, -0.25) is 14.5 Å². The maximum absolute atomic E-state index is 13.7. The first kappa shape index (κ1) is 20.8. The summed E-state index contributed by atoms with van der Waals surface area (Å²) < 4.78 is 16.5. The first-order valence-electron chi connectivity index (χ1n) is 9.48. The second-order valence-corrected chi connectivity index (χ2v) is 7.40. The zero-order valence-electron chi connectivity index (χ0n) is 16.4. The van der Waals surface area contributed by atoms with Crippen molar-refractivity contribution in [1.82, 2.24) is 29.5 Å². The number of carboxylic acid groups (broad SMARTS) is 1. The van der Waals surface area contributed by atoms with Gasteiger partial charge < -0.3 is 5.11 Å². The van der Waals surface area contributed by atoms with Gasteiger partial charge in [0.2, 0.25) is 5.95 Å². The fourth-order valence-electron chi connectivity index (χ4n) is 3.54. The van der Waals surface area contributed by atoms with E-state index in [4.69, 9.17) is 5.11 Å². The highest BCUT2D eigenvalue weighted by Crippen LogP contribution is 2.42. The largest absolute Gasteiger partial charge is 0.478 e. The third kappa shape index (κ3) is 3.61. The minimum Gasteiger partial charge on any atom is -0.478 e. The zero-order chi connectivity index (χ0) is 21.0. The van der Waals surface area contributed by atoms with Crippen LogP contribution in [-0.2, 0) is 0 Å². The molecule has 0 unspecified atom stereocenters. The van der Waals surface area contributed by atoms with E-state index in [1.165, 1.54) is 29.2 Å². The molecule has 1 atom stereocenters. The minimum absolute atomic E-state index is 0. The number of halogens is 1. The number of nitrogens with one attached hydrogen (secondary N) is 1. The van der Waals surface area contributed by atoms with Crippen LogP contribution in [0.25, 0.3) is 17.0 Å². The smallest absolute Gasteiger partial charge is 0.338 e. The van der Waals surface area contributed by atoms with Crippen molar-refractivity contribution in [2.75, 3.05) is 0 Å². The number of aromatic nitrogens is 6. The van der Waals surface area contributed by atoms with Crippen molar-refractivity contribution in [2.24, 2.45) is 0 Å². The number of benzene rings is 1. The van der Waals surface area contributed by atoms with Crippen LogP contribution in [0.3, 0.4) is 0 Å². The molecule has 5 rings (SSSR count). The summed E-state index contributed by atoms with van der Waals surface area (Å²) in [6.45, 7) is 1.85. The number of hydrogen-bond acceptors (Lipinski definition) is 5. The van der Waals surface area contributed by atoms with Gasteiger partial charge in [-0.15, -0.1) is 0 Å². The highest BCUT2D eigenvalue weighted by molar-refractivity contribution is 7.59. The van der Waals surface area contributed by atoms with Gasteiger partial charge >= 0.3 is 5.97 Å². The second-order valence-electron chi connectivity index (χ2n) is 7.40. The summed E-state index contributed by atoms with van der Waals surface area (Å²) in [5.41, 5.74) is 1.70. The summed E-state index contributed by atoms with van der Waals surface area (Å²) >= 11 is 0. The first-order chi connectivity index (χ1) is 14.4. The van der Waals surface area contributed by atoms with Crippen LogP contribution >= 0.6 is 13.5 Å². The number of aromatic carboxylic acids is 1. The number of hydrogen-bond donors (Lipinski definition) is 2. The quantitative estimate of drug-likeness (QED) is 0.491. The summed E-state index contributed by atoms with van der Waals surface area (Å²) in [6.07, 6.45) is 4.37. The normalized spacial score (nSPS) is 14.4. The first-order valence-corrected chi connectivity index (χ1v) is 9.48. The molecule has 0 saturated heterocycles. The van der Waals surface area contributed by atoms with Crippen LogP contribution in [0, 0.1) is 5.82 Å². The monoisotopic (exact) mass is 442 g/mol. The van der Waals surface area contributed by atoms with E-state index < -0.39 is 11.5 Å². The number of aromatic amines is 1. The summed E-state index contributed by atoms with van der Waals surface area (Å²) in [5.74, 6) is -1.16. The van der Waals surface area contributed by atoms with Crippen LogP contribution < -0.4 is 5.56 Å². The Morgan fingerprint density at radius 3 is 2.77 bits per heavy atom. The molecular formula is C20H19FN6O3S. The summed E-state index contributed by atoms with van der Waals surface area (Å²) in [5, 5.41) is 17.8. The lowest BCUT2D eigenvalue weighted by molar-refractivity contribution is 0.0697. The van der Waals surface area contributed by atoms with E-state index in [1.54, 1.807) is 16.8 Å². The third-order valence-corrected chi connectivity index (χ3v) is 5.28. The lowest BCUT2D eigenvalue weighted by Crippen LogP contribution is -2.19. The lowest BCUT2D eigenvalue weighted by atomic mass is 10.1. The molecule has 1 fully saturated rings. The Hall–Kier alpha value is -3.47. The molecule has 31 heavy (non-hydrogen) atoms. The van der Waals surface area contributed by atoms with E-state index in [0.29, 0.717) is 22.3 Å². The van der Waals surface area contributed by atoms with Crippen molar-refractivity contribution in [2.45, 2.75) is 31.7 Å². The van der Waals surface area contributed by atoms with Crippen LogP contribution in [0.2, 0.25) is 0 Å². The Kier molecular flexibility index (Phi) is 5.13. The number of carbonyl (C=O) groups is 1. The van der Waals surface area contributed by atoms with Gasteiger partial charge in [-0.05, 0) is 37.5 Å². The Morgan fingerprint density at radius 2 is 2.13 bits per heavy atom. The van der Waals surface area contributed by atoms with Gasteiger partial charge in [0.05, 0.1) is 23.5 Å². The number of fused-ring (bicyclic) bond motifs is 1. The summed E-state index contributed by atoms with van der Waals surface area (Å²) in [7, 11) is 0. The average Bonchev–Trinajstić information content (AvgIpc) is 3.29. The standard InChI is InChI=1S/C20H17FN6O3.H2S/c1-10(12-3-2-4-14(21)7-12)27-17-16(15(25-27)11-5-6-11)23-20(24-18(17)28)26-9-13(8-22-26)19(29)30;/h2-4,7-11H,5-6H2,1H3,(H,29,30)(H,23,24,28);1H2/t10-;/m0./s1. The minimum atomic E-state index is -1.12. The van der Waals surface area contributed by atoms with Crippen LogP contribution in [0.4, 0.5) is 4.39 Å². The second kappa shape index (κ2) is 7.65. The van der Waals surface area contributed by atoms with Crippen molar-refractivity contribution in [3.63, 3.8) is 0 Å². The fourth-order valence-corrected chi connectivity index (χ4v) is 3.54. The molecule has 4 aromatic rings. The maximum atomic E-state index is 13.7. The Labute approximate surface area is 182 Å². The number of H-pyrrole nitrogens is 1. The van der Waals surface area contributed by atoms with E-state index in [-0.39, 0.29) is 42.8 Å².